The highest BCUT2D eigenvalue weighted by atomic mass is 19.4. The topological polar surface area (TPSA) is 42.0 Å². The SMILES string of the molecule is O=C1CC(N(Cc2ccccc2)Cc2ccccc2)CCN1CCOC1CC(OC(F)(F)F)C1. The summed E-state index contributed by atoms with van der Waals surface area (Å²) in [4.78, 5) is 17.1. The van der Waals surface area contributed by atoms with Gasteiger partial charge in [0, 0.05) is 51.5 Å². The van der Waals surface area contributed by atoms with Crippen molar-refractivity contribution < 1.29 is 27.4 Å². The summed E-state index contributed by atoms with van der Waals surface area (Å²) in [6.07, 6.45) is -3.84. The van der Waals surface area contributed by atoms with Crippen LogP contribution in [0.2, 0.25) is 0 Å². The molecule has 2 aromatic carbocycles. The summed E-state index contributed by atoms with van der Waals surface area (Å²) in [5, 5.41) is 0. The number of ether oxygens (including phenoxy) is 2. The second kappa shape index (κ2) is 11.3. The van der Waals surface area contributed by atoms with E-state index in [1.165, 1.54) is 11.1 Å². The van der Waals surface area contributed by atoms with Crippen LogP contribution in [-0.4, -0.2) is 60.0 Å². The van der Waals surface area contributed by atoms with Gasteiger partial charge in [0.2, 0.25) is 5.91 Å². The summed E-state index contributed by atoms with van der Waals surface area (Å²) in [7, 11) is 0. The number of amides is 1. The molecular formula is C26H31F3N2O3. The first-order valence-electron chi connectivity index (χ1n) is 11.8. The van der Waals surface area contributed by atoms with E-state index in [4.69, 9.17) is 4.74 Å². The molecule has 5 nitrogen and oxygen atoms in total. The second-order valence-corrected chi connectivity index (χ2v) is 9.05. The number of benzene rings is 2. The van der Waals surface area contributed by atoms with Gasteiger partial charge in [0.15, 0.2) is 0 Å². The molecule has 1 saturated heterocycles. The van der Waals surface area contributed by atoms with E-state index in [1.54, 1.807) is 0 Å². The van der Waals surface area contributed by atoms with Gasteiger partial charge >= 0.3 is 6.36 Å². The molecule has 1 amide bonds. The molecule has 0 bridgehead atoms. The predicted molar refractivity (Wildman–Crippen MR) is 122 cm³/mol. The lowest BCUT2D eigenvalue weighted by molar-refractivity contribution is -0.357. The van der Waals surface area contributed by atoms with E-state index in [9.17, 15) is 18.0 Å². The first-order chi connectivity index (χ1) is 16.4. The maximum atomic E-state index is 12.9. The number of nitrogens with zero attached hydrogens (tertiary/aromatic N) is 2. The number of likely N-dealkylation sites (tertiary alicyclic amines) is 1. The van der Waals surface area contributed by atoms with Gasteiger partial charge < -0.3 is 9.64 Å². The van der Waals surface area contributed by atoms with Gasteiger partial charge in [0.1, 0.15) is 0 Å². The van der Waals surface area contributed by atoms with Crippen LogP contribution in [0.3, 0.4) is 0 Å². The zero-order valence-electron chi connectivity index (χ0n) is 19.1. The van der Waals surface area contributed by atoms with E-state index < -0.39 is 12.5 Å². The van der Waals surface area contributed by atoms with Crippen molar-refractivity contribution in [2.75, 3.05) is 19.7 Å². The van der Waals surface area contributed by atoms with E-state index in [2.05, 4.69) is 33.9 Å². The van der Waals surface area contributed by atoms with Gasteiger partial charge in [-0.15, -0.1) is 13.2 Å². The van der Waals surface area contributed by atoms with Gasteiger partial charge in [-0.05, 0) is 17.5 Å². The maximum absolute atomic E-state index is 12.9. The summed E-state index contributed by atoms with van der Waals surface area (Å²) in [6.45, 7) is 3.00. The highest BCUT2D eigenvalue weighted by Crippen LogP contribution is 2.32. The Morgan fingerprint density at radius 2 is 1.50 bits per heavy atom. The van der Waals surface area contributed by atoms with Gasteiger partial charge in [-0.2, -0.15) is 0 Å². The molecule has 184 valence electrons. The van der Waals surface area contributed by atoms with Crippen molar-refractivity contribution in [3.8, 4) is 0 Å². The zero-order valence-corrected chi connectivity index (χ0v) is 19.1. The van der Waals surface area contributed by atoms with Gasteiger partial charge in [-0.1, -0.05) is 60.7 Å². The minimum Gasteiger partial charge on any atom is -0.376 e. The summed E-state index contributed by atoms with van der Waals surface area (Å²) in [6, 6.07) is 20.7. The van der Waals surface area contributed by atoms with Crippen LogP contribution < -0.4 is 0 Å². The lowest BCUT2D eigenvalue weighted by Gasteiger charge is -2.39. The zero-order chi connectivity index (χ0) is 24.0. The molecule has 0 radical (unpaired) electrons. The van der Waals surface area contributed by atoms with Gasteiger partial charge in [-0.25, -0.2) is 0 Å². The monoisotopic (exact) mass is 476 g/mol. The molecule has 34 heavy (non-hydrogen) atoms. The number of piperidine rings is 1. The molecule has 2 aromatic rings. The molecule has 1 unspecified atom stereocenters. The van der Waals surface area contributed by atoms with Crippen LogP contribution in [0.25, 0.3) is 0 Å². The van der Waals surface area contributed by atoms with E-state index in [0.717, 1.165) is 19.5 Å². The Balaban J connectivity index is 1.25. The Morgan fingerprint density at radius 3 is 2.03 bits per heavy atom. The standard InChI is InChI=1S/C26H31F3N2O3/c27-26(28,29)34-24-16-23(17-24)33-14-13-30-12-11-22(15-25(30)32)31(18-20-7-3-1-4-8-20)19-21-9-5-2-6-10-21/h1-10,22-24H,11-19H2. The second-order valence-electron chi connectivity index (χ2n) is 9.05. The Bertz CT molecular complexity index is 863. The van der Waals surface area contributed by atoms with E-state index in [0.29, 0.717) is 26.1 Å². The number of carbonyl (C=O) groups excluding carboxylic acids is 1. The molecule has 0 aromatic heterocycles. The van der Waals surface area contributed by atoms with Crippen molar-refractivity contribution in [1.82, 2.24) is 9.80 Å². The Labute approximate surface area is 198 Å². The molecule has 1 aliphatic heterocycles. The third kappa shape index (κ3) is 7.29. The van der Waals surface area contributed by atoms with Gasteiger partial charge in [-0.3, -0.25) is 14.4 Å². The molecule has 1 saturated carbocycles. The lowest BCUT2D eigenvalue weighted by Crippen LogP contribution is -2.48. The fraction of sp³-hybridized carbons (Fsp3) is 0.500. The van der Waals surface area contributed by atoms with Crippen molar-refractivity contribution in [3.05, 3.63) is 71.8 Å². The third-order valence-electron chi connectivity index (χ3n) is 6.54. The van der Waals surface area contributed by atoms with Crippen molar-refractivity contribution in [3.63, 3.8) is 0 Å². The number of rotatable bonds is 10. The van der Waals surface area contributed by atoms with Crippen LogP contribution in [0, 0.1) is 0 Å². The molecule has 2 fully saturated rings. The largest absolute Gasteiger partial charge is 0.522 e. The Hall–Kier alpha value is -2.42. The summed E-state index contributed by atoms with van der Waals surface area (Å²) in [5.74, 6) is 0.0952. The first kappa shape index (κ1) is 24.7. The molecule has 1 atom stereocenters. The molecule has 1 aliphatic carbocycles. The normalized spacial score (nSPS) is 23.2. The molecule has 1 heterocycles. The van der Waals surface area contributed by atoms with Crippen LogP contribution in [-0.2, 0) is 27.4 Å². The fourth-order valence-electron chi connectivity index (χ4n) is 4.63. The van der Waals surface area contributed by atoms with E-state index in [1.807, 2.05) is 41.3 Å². The maximum Gasteiger partial charge on any atom is 0.522 e. The molecule has 4 rings (SSSR count). The smallest absolute Gasteiger partial charge is 0.376 e. The molecule has 8 heteroatoms. The van der Waals surface area contributed by atoms with Gasteiger partial charge in [0.25, 0.3) is 0 Å². The number of hydrogen-bond acceptors (Lipinski definition) is 4. The van der Waals surface area contributed by atoms with Crippen LogP contribution in [0.4, 0.5) is 13.2 Å². The Kier molecular flexibility index (Phi) is 8.24. The average molecular weight is 477 g/mol. The first-order valence-corrected chi connectivity index (χ1v) is 11.8. The van der Waals surface area contributed by atoms with Crippen molar-refractivity contribution in [2.24, 2.45) is 0 Å². The summed E-state index contributed by atoms with van der Waals surface area (Å²) in [5.41, 5.74) is 2.44. The predicted octanol–water partition coefficient (Wildman–Crippen LogP) is 4.76. The Morgan fingerprint density at radius 1 is 0.912 bits per heavy atom. The number of carbonyl (C=O) groups is 1. The number of hydrogen-bond donors (Lipinski definition) is 0. The summed E-state index contributed by atoms with van der Waals surface area (Å²) >= 11 is 0. The van der Waals surface area contributed by atoms with Crippen LogP contribution in [0.1, 0.15) is 36.8 Å². The van der Waals surface area contributed by atoms with E-state index in [-0.39, 0.29) is 30.9 Å². The lowest BCUT2D eigenvalue weighted by atomic mass is 9.92. The summed E-state index contributed by atoms with van der Waals surface area (Å²) < 4.78 is 46.3. The molecule has 0 N–H and O–H groups in total. The number of alkyl halides is 3. The van der Waals surface area contributed by atoms with Crippen LogP contribution in [0.15, 0.2) is 60.7 Å². The average Bonchev–Trinajstić information content (AvgIpc) is 2.78. The van der Waals surface area contributed by atoms with Gasteiger partial charge in [0.05, 0.1) is 18.8 Å². The minimum absolute atomic E-state index is 0.0952. The van der Waals surface area contributed by atoms with Crippen LogP contribution in [0.5, 0.6) is 0 Å². The molecular weight excluding hydrogens is 445 g/mol. The highest BCUT2D eigenvalue weighted by molar-refractivity contribution is 5.77. The quantitative estimate of drug-likeness (QED) is 0.496. The number of halogens is 3. The van der Waals surface area contributed by atoms with Crippen molar-refractivity contribution >= 4 is 5.91 Å². The van der Waals surface area contributed by atoms with E-state index >= 15 is 0 Å². The highest BCUT2D eigenvalue weighted by Gasteiger charge is 2.40. The van der Waals surface area contributed by atoms with Crippen LogP contribution >= 0.6 is 0 Å². The third-order valence-corrected chi connectivity index (χ3v) is 6.54. The fourth-order valence-corrected chi connectivity index (χ4v) is 4.63. The minimum atomic E-state index is -4.60. The molecule has 2 aliphatic rings. The molecule has 0 spiro atoms. The van der Waals surface area contributed by atoms with Crippen molar-refractivity contribution in [2.45, 2.75) is 63.4 Å². The van der Waals surface area contributed by atoms with Crippen molar-refractivity contribution in [1.29, 1.82) is 0 Å².